The van der Waals surface area contributed by atoms with Crippen LogP contribution in [0.5, 0.6) is 0 Å². The van der Waals surface area contributed by atoms with E-state index in [1.165, 1.54) is 7.05 Å². The second-order valence-corrected chi connectivity index (χ2v) is 8.43. The molecule has 1 aliphatic carbocycles. The summed E-state index contributed by atoms with van der Waals surface area (Å²) in [7, 11) is 1.34. The molecule has 10 heteroatoms. The highest BCUT2D eigenvalue weighted by Gasteiger charge is 2.43. The van der Waals surface area contributed by atoms with Crippen molar-refractivity contribution in [2.45, 2.75) is 43.8 Å². The molecule has 2 aromatic rings. The molecule has 0 saturated carbocycles. The SMILES string of the molecule is CN(CCCCC(=O)O)C(=O)CC(NC(=O)OCC1c2ccccc2-c2ccccc21)C(F)(F)F. The largest absolute Gasteiger partial charge is 0.481 e. The number of fused-ring (bicyclic) bond motifs is 3. The van der Waals surface area contributed by atoms with E-state index in [9.17, 15) is 27.6 Å². The van der Waals surface area contributed by atoms with Crippen molar-refractivity contribution >= 4 is 18.0 Å². The number of carboxylic acid groups (broad SMARTS) is 1. The Morgan fingerprint density at radius 3 is 2.14 bits per heavy atom. The van der Waals surface area contributed by atoms with Gasteiger partial charge in [0.1, 0.15) is 12.6 Å². The standard InChI is InChI=1S/C25H27F3N2O5/c1-30(13-7-6-12-23(32)33)22(31)14-21(25(26,27)28)29-24(34)35-15-20-18-10-4-2-8-16(18)17-9-3-5-11-19(17)20/h2-5,8-11,20-21H,6-7,12-15H2,1H3,(H,29,34)(H,32,33). The number of hydrogen-bond donors (Lipinski definition) is 2. The summed E-state index contributed by atoms with van der Waals surface area (Å²) in [4.78, 5) is 36.2. The smallest absolute Gasteiger partial charge is 0.409 e. The number of carbonyl (C=O) groups is 3. The molecule has 0 radical (unpaired) electrons. The van der Waals surface area contributed by atoms with Crippen molar-refractivity contribution < 1.29 is 37.4 Å². The molecule has 1 aliphatic rings. The Bertz CT molecular complexity index is 1030. The lowest BCUT2D eigenvalue weighted by atomic mass is 9.98. The van der Waals surface area contributed by atoms with Crippen LogP contribution in [-0.2, 0) is 14.3 Å². The molecule has 0 aliphatic heterocycles. The van der Waals surface area contributed by atoms with Crippen LogP contribution in [0.1, 0.15) is 42.7 Å². The Balaban J connectivity index is 1.58. The fraction of sp³-hybridized carbons (Fsp3) is 0.400. The van der Waals surface area contributed by atoms with Gasteiger partial charge in [-0.15, -0.1) is 0 Å². The molecule has 188 valence electrons. The molecule has 3 rings (SSSR count). The topological polar surface area (TPSA) is 95.9 Å². The van der Waals surface area contributed by atoms with Crippen LogP contribution in [0.25, 0.3) is 11.1 Å². The third-order valence-electron chi connectivity index (χ3n) is 5.97. The van der Waals surface area contributed by atoms with Gasteiger partial charge in [0, 0.05) is 25.9 Å². The number of amides is 2. The molecule has 7 nitrogen and oxygen atoms in total. The Morgan fingerprint density at radius 2 is 1.60 bits per heavy atom. The quantitative estimate of drug-likeness (QED) is 0.474. The van der Waals surface area contributed by atoms with E-state index in [4.69, 9.17) is 9.84 Å². The third kappa shape index (κ3) is 6.74. The van der Waals surface area contributed by atoms with Crippen LogP contribution in [-0.4, -0.2) is 60.4 Å². The predicted octanol–water partition coefficient (Wildman–Crippen LogP) is 4.56. The minimum Gasteiger partial charge on any atom is -0.481 e. The highest BCUT2D eigenvalue weighted by molar-refractivity contribution is 5.79. The Labute approximate surface area is 200 Å². The number of benzene rings is 2. The van der Waals surface area contributed by atoms with E-state index in [1.807, 2.05) is 48.5 Å². The van der Waals surface area contributed by atoms with Crippen LogP contribution < -0.4 is 5.32 Å². The van der Waals surface area contributed by atoms with E-state index in [-0.39, 0.29) is 25.5 Å². The van der Waals surface area contributed by atoms with Gasteiger partial charge in [-0.3, -0.25) is 9.59 Å². The molecule has 0 aromatic heterocycles. The first-order chi connectivity index (χ1) is 16.6. The van der Waals surface area contributed by atoms with Gasteiger partial charge in [-0.2, -0.15) is 13.2 Å². The molecule has 1 unspecified atom stereocenters. The number of hydrogen-bond acceptors (Lipinski definition) is 4. The van der Waals surface area contributed by atoms with Crippen LogP contribution in [0.15, 0.2) is 48.5 Å². The zero-order valence-corrected chi connectivity index (χ0v) is 19.2. The summed E-state index contributed by atoms with van der Waals surface area (Å²) in [5.41, 5.74) is 3.83. The summed E-state index contributed by atoms with van der Waals surface area (Å²) >= 11 is 0. The molecular weight excluding hydrogens is 465 g/mol. The van der Waals surface area contributed by atoms with E-state index in [0.29, 0.717) is 12.8 Å². The van der Waals surface area contributed by atoms with Gasteiger partial charge < -0.3 is 20.1 Å². The average molecular weight is 492 g/mol. The van der Waals surface area contributed by atoms with Crippen molar-refractivity contribution in [3.05, 3.63) is 59.7 Å². The van der Waals surface area contributed by atoms with Gasteiger partial charge in [0.05, 0.1) is 6.42 Å². The number of alkyl halides is 3. The zero-order chi connectivity index (χ0) is 25.6. The van der Waals surface area contributed by atoms with E-state index in [0.717, 1.165) is 27.2 Å². The van der Waals surface area contributed by atoms with Crippen molar-refractivity contribution in [2.24, 2.45) is 0 Å². The van der Waals surface area contributed by atoms with Crippen LogP contribution in [0, 0.1) is 0 Å². The van der Waals surface area contributed by atoms with Crippen molar-refractivity contribution in [2.75, 3.05) is 20.2 Å². The minimum absolute atomic E-state index is 0.0868. The summed E-state index contributed by atoms with van der Waals surface area (Å²) in [5, 5.41) is 10.4. The van der Waals surface area contributed by atoms with Crippen molar-refractivity contribution in [1.82, 2.24) is 10.2 Å². The number of carboxylic acids is 1. The number of alkyl carbamates (subject to hydrolysis) is 1. The maximum Gasteiger partial charge on any atom is 0.409 e. The predicted molar refractivity (Wildman–Crippen MR) is 122 cm³/mol. The fourth-order valence-electron chi connectivity index (χ4n) is 4.11. The first kappa shape index (κ1) is 26.1. The molecule has 2 amide bonds. The lowest BCUT2D eigenvalue weighted by Gasteiger charge is -2.24. The number of nitrogens with zero attached hydrogens (tertiary/aromatic N) is 1. The lowest BCUT2D eigenvalue weighted by Crippen LogP contribution is -2.48. The number of rotatable bonds is 10. The Hall–Kier alpha value is -3.56. The number of halogens is 3. The molecule has 0 bridgehead atoms. The molecule has 0 heterocycles. The van der Waals surface area contributed by atoms with Crippen molar-refractivity contribution in [1.29, 1.82) is 0 Å². The molecule has 2 aromatic carbocycles. The molecule has 2 N–H and O–H groups in total. The van der Waals surface area contributed by atoms with Gasteiger partial charge in [-0.25, -0.2) is 4.79 Å². The second-order valence-electron chi connectivity index (χ2n) is 8.43. The average Bonchev–Trinajstić information content (AvgIpc) is 3.13. The normalized spacial score (nSPS) is 13.5. The summed E-state index contributed by atoms with van der Waals surface area (Å²) in [6.45, 7) is -0.0382. The molecule has 0 spiro atoms. The van der Waals surface area contributed by atoms with Crippen LogP contribution in [0.2, 0.25) is 0 Å². The van der Waals surface area contributed by atoms with Gasteiger partial charge in [0.25, 0.3) is 0 Å². The first-order valence-electron chi connectivity index (χ1n) is 11.2. The van der Waals surface area contributed by atoms with Gasteiger partial charge in [-0.1, -0.05) is 48.5 Å². The van der Waals surface area contributed by atoms with Gasteiger partial charge >= 0.3 is 18.2 Å². The van der Waals surface area contributed by atoms with Crippen LogP contribution >= 0.6 is 0 Å². The van der Waals surface area contributed by atoms with Gasteiger partial charge in [-0.05, 0) is 35.1 Å². The Morgan fingerprint density at radius 1 is 1.03 bits per heavy atom. The van der Waals surface area contributed by atoms with E-state index in [2.05, 4.69) is 0 Å². The van der Waals surface area contributed by atoms with E-state index in [1.54, 1.807) is 5.32 Å². The molecule has 1 atom stereocenters. The third-order valence-corrected chi connectivity index (χ3v) is 5.97. The molecule has 0 saturated heterocycles. The van der Waals surface area contributed by atoms with Crippen molar-refractivity contribution in [3.8, 4) is 11.1 Å². The maximum absolute atomic E-state index is 13.5. The van der Waals surface area contributed by atoms with Crippen LogP contribution in [0.4, 0.5) is 18.0 Å². The second kappa shape index (κ2) is 11.2. The Kier molecular flexibility index (Phi) is 8.37. The lowest BCUT2D eigenvalue weighted by molar-refractivity contribution is -0.163. The number of ether oxygens (including phenoxy) is 1. The number of nitrogens with one attached hydrogen (secondary N) is 1. The summed E-state index contributed by atoms with van der Waals surface area (Å²) in [6, 6.07) is 12.7. The molecular formula is C25H27F3N2O5. The van der Waals surface area contributed by atoms with Crippen molar-refractivity contribution in [3.63, 3.8) is 0 Å². The monoisotopic (exact) mass is 492 g/mol. The summed E-state index contributed by atoms with van der Waals surface area (Å²) < 4.78 is 45.8. The fourth-order valence-corrected chi connectivity index (χ4v) is 4.11. The zero-order valence-electron chi connectivity index (χ0n) is 19.2. The summed E-state index contributed by atoms with van der Waals surface area (Å²) in [5.74, 6) is -2.11. The maximum atomic E-state index is 13.5. The molecule has 0 fully saturated rings. The summed E-state index contributed by atoms with van der Waals surface area (Å²) in [6.07, 6.45) is -6.55. The molecule has 35 heavy (non-hydrogen) atoms. The van der Waals surface area contributed by atoms with E-state index < -0.39 is 36.6 Å². The first-order valence-corrected chi connectivity index (χ1v) is 11.2. The number of carbonyl (C=O) groups excluding carboxylic acids is 2. The number of unbranched alkanes of at least 4 members (excludes halogenated alkanes) is 1. The highest BCUT2D eigenvalue weighted by atomic mass is 19.4. The minimum atomic E-state index is -4.86. The van der Waals surface area contributed by atoms with Gasteiger partial charge in [0.2, 0.25) is 5.91 Å². The van der Waals surface area contributed by atoms with Gasteiger partial charge in [0.15, 0.2) is 0 Å². The number of aliphatic carboxylic acids is 1. The van der Waals surface area contributed by atoms with E-state index >= 15 is 0 Å². The van der Waals surface area contributed by atoms with Crippen LogP contribution in [0.3, 0.4) is 0 Å². The highest BCUT2D eigenvalue weighted by Crippen LogP contribution is 2.44.